The number of rotatable bonds is 1. The predicted octanol–water partition coefficient (Wildman–Crippen LogP) is 2.95. The molecule has 1 aliphatic rings. The van der Waals surface area contributed by atoms with E-state index >= 15 is 0 Å². The van der Waals surface area contributed by atoms with Crippen molar-refractivity contribution in [3.05, 3.63) is 42.0 Å². The van der Waals surface area contributed by atoms with Crippen molar-refractivity contribution >= 4 is 16.5 Å². The summed E-state index contributed by atoms with van der Waals surface area (Å²) in [5, 5.41) is 6.26. The number of piperazine rings is 1. The molecule has 2 heteroatoms. The number of benzene rings is 2. The highest BCUT2D eigenvalue weighted by molar-refractivity contribution is 5.96. The van der Waals surface area contributed by atoms with Gasteiger partial charge in [-0.2, -0.15) is 0 Å². The van der Waals surface area contributed by atoms with Gasteiger partial charge in [0.1, 0.15) is 0 Å². The molecule has 0 bridgehead atoms. The van der Waals surface area contributed by atoms with Crippen LogP contribution in [0.3, 0.4) is 0 Å². The Morgan fingerprint density at radius 2 is 1.89 bits per heavy atom. The van der Waals surface area contributed by atoms with Gasteiger partial charge in [0.25, 0.3) is 0 Å². The summed E-state index contributed by atoms with van der Waals surface area (Å²) < 4.78 is 0. The first kappa shape index (κ1) is 11.5. The molecule has 1 heterocycles. The maximum absolute atomic E-state index is 3.50. The van der Waals surface area contributed by atoms with Crippen LogP contribution in [0.4, 0.5) is 5.69 Å². The van der Waals surface area contributed by atoms with Crippen molar-refractivity contribution in [2.45, 2.75) is 19.9 Å². The van der Waals surface area contributed by atoms with Gasteiger partial charge in [-0.05, 0) is 30.9 Å². The van der Waals surface area contributed by atoms with E-state index in [1.165, 1.54) is 22.0 Å². The SMILES string of the molecule is Cc1ccc(N2CCNC(C)C2)c2ccccc12. The monoisotopic (exact) mass is 240 g/mol. The van der Waals surface area contributed by atoms with Gasteiger partial charge in [-0.1, -0.05) is 30.3 Å². The highest BCUT2D eigenvalue weighted by atomic mass is 15.2. The molecule has 18 heavy (non-hydrogen) atoms. The van der Waals surface area contributed by atoms with Crippen molar-refractivity contribution in [1.29, 1.82) is 0 Å². The Bertz CT molecular complexity index is 562. The Morgan fingerprint density at radius 3 is 2.67 bits per heavy atom. The standard InChI is InChI=1S/C16H20N2/c1-12-7-8-16(15-6-4-3-5-14(12)15)18-10-9-17-13(2)11-18/h3-8,13,17H,9-11H2,1-2H3. The molecule has 2 nitrogen and oxygen atoms in total. The van der Waals surface area contributed by atoms with Crippen molar-refractivity contribution < 1.29 is 0 Å². The second kappa shape index (κ2) is 4.62. The molecule has 0 aromatic heterocycles. The Morgan fingerprint density at radius 1 is 1.11 bits per heavy atom. The van der Waals surface area contributed by atoms with Crippen LogP contribution in [0.5, 0.6) is 0 Å². The third-order valence-electron chi connectivity index (χ3n) is 3.83. The first-order valence-corrected chi connectivity index (χ1v) is 6.72. The summed E-state index contributed by atoms with van der Waals surface area (Å²) >= 11 is 0. The first-order valence-electron chi connectivity index (χ1n) is 6.72. The van der Waals surface area contributed by atoms with Gasteiger partial charge in [-0.15, -0.1) is 0 Å². The lowest BCUT2D eigenvalue weighted by atomic mass is 10.0. The quantitative estimate of drug-likeness (QED) is 0.824. The van der Waals surface area contributed by atoms with Crippen LogP contribution in [0.1, 0.15) is 12.5 Å². The number of fused-ring (bicyclic) bond motifs is 1. The second-order valence-corrected chi connectivity index (χ2v) is 5.25. The number of hydrogen-bond donors (Lipinski definition) is 1. The van der Waals surface area contributed by atoms with Gasteiger partial charge in [0, 0.05) is 36.7 Å². The van der Waals surface area contributed by atoms with Crippen molar-refractivity contribution in [1.82, 2.24) is 5.32 Å². The lowest BCUT2D eigenvalue weighted by Gasteiger charge is -2.34. The van der Waals surface area contributed by atoms with Crippen molar-refractivity contribution in [3.63, 3.8) is 0 Å². The molecule has 0 aliphatic carbocycles. The number of hydrogen-bond acceptors (Lipinski definition) is 2. The van der Waals surface area contributed by atoms with E-state index in [4.69, 9.17) is 0 Å². The lowest BCUT2D eigenvalue weighted by molar-refractivity contribution is 0.485. The Labute approximate surface area is 109 Å². The summed E-state index contributed by atoms with van der Waals surface area (Å²) in [6.45, 7) is 7.70. The molecule has 0 saturated carbocycles. The topological polar surface area (TPSA) is 15.3 Å². The summed E-state index contributed by atoms with van der Waals surface area (Å²) in [7, 11) is 0. The van der Waals surface area contributed by atoms with E-state index in [9.17, 15) is 0 Å². The van der Waals surface area contributed by atoms with E-state index in [1.807, 2.05) is 0 Å². The fraction of sp³-hybridized carbons (Fsp3) is 0.375. The van der Waals surface area contributed by atoms with E-state index in [2.05, 4.69) is 60.5 Å². The van der Waals surface area contributed by atoms with E-state index in [0.29, 0.717) is 6.04 Å². The van der Waals surface area contributed by atoms with Crippen LogP contribution in [0, 0.1) is 6.92 Å². The zero-order chi connectivity index (χ0) is 12.5. The summed E-state index contributed by atoms with van der Waals surface area (Å²) in [5.41, 5.74) is 2.74. The molecule has 1 fully saturated rings. The highest BCUT2D eigenvalue weighted by Crippen LogP contribution is 2.29. The van der Waals surface area contributed by atoms with Crippen LogP contribution < -0.4 is 10.2 Å². The van der Waals surface area contributed by atoms with Gasteiger partial charge in [-0.3, -0.25) is 0 Å². The molecular weight excluding hydrogens is 220 g/mol. The van der Waals surface area contributed by atoms with Gasteiger partial charge < -0.3 is 10.2 Å². The lowest BCUT2D eigenvalue weighted by Crippen LogP contribution is -2.49. The van der Waals surface area contributed by atoms with Gasteiger partial charge in [0.15, 0.2) is 0 Å². The van der Waals surface area contributed by atoms with Crippen molar-refractivity contribution in [3.8, 4) is 0 Å². The molecule has 0 radical (unpaired) electrons. The average molecular weight is 240 g/mol. The molecule has 2 aromatic carbocycles. The molecule has 1 aliphatic heterocycles. The van der Waals surface area contributed by atoms with E-state index in [0.717, 1.165) is 19.6 Å². The Hall–Kier alpha value is -1.54. The summed E-state index contributed by atoms with van der Waals surface area (Å²) in [5.74, 6) is 0. The molecule has 94 valence electrons. The molecule has 1 unspecified atom stereocenters. The molecule has 0 spiro atoms. The first-order chi connectivity index (χ1) is 8.75. The molecule has 1 saturated heterocycles. The van der Waals surface area contributed by atoms with Crippen molar-refractivity contribution in [2.24, 2.45) is 0 Å². The number of aryl methyl sites for hydroxylation is 1. The molecule has 1 atom stereocenters. The number of anilines is 1. The maximum atomic E-state index is 3.50. The highest BCUT2D eigenvalue weighted by Gasteiger charge is 2.17. The van der Waals surface area contributed by atoms with Crippen LogP contribution in [0.25, 0.3) is 10.8 Å². The van der Waals surface area contributed by atoms with Gasteiger partial charge in [-0.25, -0.2) is 0 Å². The zero-order valence-electron chi connectivity index (χ0n) is 11.1. The largest absolute Gasteiger partial charge is 0.368 e. The minimum absolute atomic E-state index is 0.568. The minimum atomic E-state index is 0.568. The number of nitrogens with one attached hydrogen (secondary N) is 1. The summed E-state index contributed by atoms with van der Waals surface area (Å²) in [6.07, 6.45) is 0. The van der Waals surface area contributed by atoms with Gasteiger partial charge >= 0.3 is 0 Å². The van der Waals surface area contributed by atoms with Crippen LogP contribution >= 0.6 is 0 Å². The predicted molar refractivity (Wildman–Crippen MR) is 78.4 cm³/mol. The third-order valence-corrected chi connectivity index (χ3v) is 3.83. The second-order valence-electron chi connectivity index (χ2n) is 5.25. The number of nitrogens with zero attached hydrogens (tertiary/aromatic N) is 1. The van der Waals surface area contributed by atoms with Gasteiger partial charge in [0.05, 0.1) is 0 Å². The Kier molecular flexibility index (Phi) is 2.96. The van der Waals surface area contributed by atoms with Crippen LogP contribution in [-0.4, -0.2) is 25.7 Å². The molecular formula is C16H20N2. The average Bonchev–Trinajstić information content (AvgIpc) is 2.39. The van der Waals surface area contributed by atoms with Crippen LogP contribution in [-0.2, 0) is 0 Å². The molecule has 1 N–H and O–H groups in total. The van der Waals surface area contributed by atoms with Gasteiger partial charge in [0.2, 0.25) is 0 Å². The maximum Gasteiger partial charge on any atom is 0.0447 e. The molecule has 3 rings (SSSR count). The third kappa shape index (κ3) is 1.97. The van der Waals surface area contributed by atoms with Crippen molar-refractivity contribution in [2.75, 3.05) is 24.5 Å². The van der Waals surface area contributed by atoms with E-state index in [1.54, 1.807) is 0 Å². The minimum Gasteiger partial charge on any atom is -0.368 e. The fourth-order valence-electron chi connectivity index (χ4n) is 2.86. The van der Waals surface area contributed by atoms with E-state index in [-0.39, 0.29) is 0 Å². The summed E-state index contributed by atoms with van der Waals surface area (Å²) in [6, 6.07) is 13.8. The van der Waals surface area contributed by atoms with Crippen LogP contribution in [0.15, 0.2) is 36.4 Å². The fourth-order valence-corrected chi connectivity index (χ4v) is 2.86. The zero-order valence-corrected chi connectivity index (χ0v) is 11.1. The normalized spacial score (nSPS) is 20.3. The molecule has 0 amide bonds. The smallest absolute Gasteiger partial charge is 0.0447 e. The Balaban J connectivity index is 2.09. The van der Waals surface area contributed by atoms with Crippen LogP contribution in [0.2, 0.25) is 0 Å². The molecule has 2 aromatic rings. The summed E-state index contributed by atoms with van der Waals surface area (Å²) in [4.78, 5) is 2.50. The van der Waals surface area contributed by atoms with E-state index < -0.39 is 0 Å².